The number of nitrogens with two attached hydrogens (primary N) is 1. The van der Waals surface area contributed by atoms with Crippen molar-refractivity contribution >= 4 is 11.3 Å². The van der Waals surface area contributed by atoms with Gasteiger partial charge in [0.25, 0.3) is 0 Å². The highest BCUT2D eigenvalue weighted by atomic mass is 32.1. The van der Waals surface area contributed by atoms with Gasteiger partial charge < -0.3 is 5.73 Å². The Morgan fingerprint density at radius 3 is 2.37 bits per heavy atom. The Kier molecular flexibility index (Phi) is 3.91. The zero-order valence-electron chi connectivity index (χ0n) is 10.2. The molecule has 1 heterocycles. The minimum Gasteiger partial charge on any atom is -0.323 e. The lowest BCUT2D eigenvalue weighted by Gasteiger charge is -2.06. The van der Waals surface area contributed by atoms with Crippen molar-refractivity contribution in [2.75, 3.05) is 0 Å². The van der Waals surface area contributed by atoms with E-state index in [2.05, 4.69) is 4.98 Å². The molecule has 2 aromatic rings. The summed E-state index contributed by atoms with van der Waals surface area (Å²) in [7, 11) is 0. The summed E-state index contributed by atoms with van der Waals surface area (Å²) in [5.74, 6) is 0. The smallest absolute Gasteiger partial charge is 0.323 e. The van der Waals surface area contributed by atoms with Crippen LogP contribution in [0.2, 0.25) is 0 Å². The highest BCUT2D eigenvalue weighted by Crippen LogP contribution is 2.29. The average Bonchev–Trinajstić information content (AvgIpc) is 2.77. The van der Waals surface area contributed by atoms with Crippen LogP contribution in [-0.4, -0.2) is 4.98 Å². The van der Waals surface area contributed by atoms with Crippen molar-refractivity contribution in [3.63, 3.8) is 0 Å². The van der Waals surface area contributed by atoms with Crippen molar-refractivity contribution in [1.29, 1.82) is 0 Å². The lowest BCUT2D eigenvalue weighted by Crippen LogP contribution is -2.04. The van der Waals surface area contributed by atoms with Gasteiger partial charge in [0, 0.05) is 23.5 Å². The zero-order chi connectivity index (χ0) is 14.0. The van der Waals surface area contributed by atoms with Crippen LogP contribution in [0.3, 0.4) is 0 Å². The summed E-state index contributed by atoms with van der Waals surface area (Å²) in [6.07, 6.45) is -2.05. The Morgan fingerprint density at radius 2 is 1.89 bits per heavy atom. The molecule has 0 saturated carbocycles. The van der Waals surface area contributed by atoms with Gasteiger partial charge in [-0.25, -0.2) is 4.98 Å². The van der Waals surface area contributed by atoms with Gasteiger partial charge in [-0.15, -0.1) is 11.3 Å². The Hall–Kier alpha value is -1.40. The van der Waals surface area contributed by atoms with Crippen LogP contribution >= 0.6 is 11.3 Å². The van der Waals surface area contributed by atoms with E-state index in [4.69, 9.17) is 5.73 Å². The van der Waals surface area contributed by atoms with Gasteiger partial charge in [0.15, 0.2) is 0 Å². The van der Waals surface area contributed by atoms with E-state index in [9.17, 15) is 13.2 Å². The molecule has 2 rings (SSSR count). The van der Waals surface area contributed by atoms with Crippen LogP contribution in [0.15, 0.2) is 30.5 Å². The molecular weight excluding hydrogens is 273 g/mol. The standard InChI is InChI=1S/C13H13F3N2S/c1-8(17)11-7-18-12(19-11)6-9-2-4-10(5-3-9)13(14,15)16/h2-5,7-8H,6,17H2,1H3/t8-/m0/s1. The van der Waals surface area contributed by atoms with Gasteiger partial charge in [0.1, 0.15) is 0 Å². The molecule has 0 radical (unpaired) electrons. The fraction of sp³-hybridized carbons (Fsp3) is 0.308. The summed E-state index contributed by atoms with van der Waals surface area (Å²) >= 11 is 1.49. The molecule has 1 atom stereocenters. The van der Waals surface area contributed by atoms with Crippen LogP contribution < -0.4 is 5.73 Å². The zero-order valence-corrected chi connectivity index (χ0v) is 11.1. The first-order valence-electron chi connectivity index (χ1n) is 5.72. The second-order valence-corrected chi connectivity index (χ2v) is 5.46. The summed E-state index contributed by atoms with van der Waals surface area (Å²) < 4.78 is 37.2. The number of aromatic nitrogens is 1. The lowest BCUT2D eigenvalue weighted by atomic mass is 10.1. The first-order chi connectivity index (χ1) is 8.86. The van der Waals surface area contributed by atoms with Gasteiger partial charge in [0.05, 0.1) is 10.6 Å². The molecule has 0 aliphatic rings. The molecule has 1 aromatic heterocycles. The normalized spacial score (nSPS) is 13.5. The molecular formula is C13H13F3N2S. The molecule has 0 fully saturated rings. The van der Waals surface area contributed by atoms with E-state index in [0.717, 1.165) is 27.6 Å². The van der Waals surface area contributed by atoms with Gasteiger partial charge in [-0.05, 0) is 24.6 Å². The van der Waals surface area contributed by atoms with E-state index in [1.807, 2.05) is 6.92 Å². The minimum absolute atomic E-state index is 0.0705. The van der Waals surface area contributed by atoms with Crippen LogP contribution in [0.5, 0.6) is 0 Å². The number of rotatable bonds is 3. The third-order valence-electron chi connectivity index (χ3n) is 2.66. The van der Waals surface area contributed by atoms with Crippen molar-refractivity contribution in [2.24, 2.45) is 5.73 Å². The summed E-state index contributed by atoms with van der Waals surface area (Å²) in [6, 6.07) is 5.08. The van der Waals surface area contributed by atoms with Gasteiger partial charge in [-0.2, -0.15) is 13.2 Å². The second kappa shape index (κ2) is 5.30. The number of hydrogen-bond acceptors (Lipinski definition) is 3. The molecule has 102 valence electrons. The topological polar surface area (TPSA) is 38.9 Å². The maximum Gasteiger partial charge on any atom is 0.416 e. The Balaban J connectivity index is 2.11. The van der Waals surface area contributed by atoms with Crippen LogP contribution in [0.25, 0.3) is 0 Å². The molecule has 2 N–H and O–H groups in total. The fourth-order valence-corrected chi connectivity index (χ4v) is 2.51. The van der Waals surface area contributed by atoms with Crippen LogP contribution in [0.4, 0.5) is 13.2 Å². The summed E-state index contributed by atoms with van der Waals surface area (Å²) in [5, 5.41) is 0.854. The Labute approximate surface area is 113 Å². The number of hydrogen-bond donors (Lipinski definition) is 1. The van der Waals surface area contributed by atoms with E-state index < -0.39 is 11.7 Å². The van der Waals surface area contributed by atoms with Crippen molar-refractivity contribution in [1.82, 2.24) is 4.98 Å². The van der Waals surface area contributed by atoms with E-state index in [-0.39, 0.29) is 6.04 Å². The molecule has 2 nitrogen and oxygen atoms in total. The molecule has 0 aliphatic heterocycles. The molecule has 6 heteroatoms. The number of thiazole rings is 1. The molecule has 0 saturated heterocycles. The SMILES string of the molecule is C[C@H](N)c1cnc(Cc2ccc(C(F)(F)F)cc2)s1. The van der Waals surface area contributed by atoms with E-state index >= 15 is 0 Å². The van der Waals surface area contributed by atoms with E-state index in [1.54, 1.807) is 6.20 Å². The maximum atomic E-state index is 12.4. The Bertz CT molecular complexity index is 544. The van der Waals surface area contributed by atoms with E-state index in [1.165, 1.54) is 23.5 Å². The number of alkyl halides is 3. The fourth-order valence-electron chi connectivity index (χ4n) is 1.60. The molecule has 0 spiro atoms. The maximum absolute atomic E-state index is 12.4. The van der Waals surface area contributed by atoms with Gasteiger partial charge in [0.2, 0.25) is 0 Å². The molecule has 19 heavy (non-hydrogen) atoms. The number of benzene rings is 1. The number of nitrogens with zero attached hydrogens (tertiary/aromatic N) is 1. The van der Waals surface area contributed by atoms with Crippen LogP contribution in [-0.2, 0) is 12.6 Å². The quantitative estimate of drug-likeness (QED) is 0.932. The molecule has 0 aliphatic carbocycles. The van der Waals surface area contributed by atoms with Gasteiger partial charge in [-0.1, -0.05) is 12.1 Å². The van der Waals surface area contributed by atoms with E-state index in [0.29, 0.717) is 6.42 Å². The van der Waals surface area contributed by atoms with Crippen molar-refractivity contribution in [3.8, 4) is 0 Å². The monoisotopic (exact) mass is 286 g/mol. The summed E-state index contributed by atoms with van der Waals surface area (Å²) in [4.78, 5) is 5.19. The Morgan fingerprint density at radius 1 is 1.26 bits per heavy atom. The molecule has 1 aromatic carbocycles. The van der Waals surface area contributed by atoms with Crippen LogP contribution in [0.1, 0.15) is 34.0 Å². The van der Waals surface area contributed by atoms with Crippen molar-refractivity contribution in [3.05, 3.63) is 51.5 Å². The molecule has 0 unspecified atom stereocenters. The average molecular weight is 286 g/mol. The van der Waals surface area contributed by atoms with Gasteiger partial charge in [-0.3, -0.25) is 0 Å². The first-order valence-corrected chi connectivity index (χ1v) is 6.54. The third kappa shape index (κ3) is 3.54. The minimum atomic E-state index is -4.29. The highest BCUT2D eigenvalue weighted by molar-refractivity contribution is 7.11. The van der Waals surface area contributed by atoms with Crippen molar-refractivity contribution < 1.29 is 13.2 Å². The summed E-state index contributed by atoms with van der Waals surface area (Å²) in [5.41, 5.74) is 5.91. The third-order valence-corrected chi connectivity index (χ3v) is 3.86. The first kappa shape index (κ1) is 14.0. The molecule has 0 bridgehead atoms. The largest absolute Gasteiger partial charge is 0.416 e. The van der Waals surface area contributed by atoms with Crippen molar-refractivity contribution in [2.45, 2.75) is 25.6 Å². The molecule has 0 amide bonds. The van der Waals surface area contributed by atoms with Crippen LogP contribution in [0, 0.1) is 0 Å². The van der Waals surface area contributed by atoms with Gasteiger partial charge >= 0.3 is 6.18 Å². The lowest BCUT2D eigenvalue weighted by molar-refractivity contribution is -0.137. The number of halogens is 3. The predicted octanol–water partition coefficient (Wildman–Crippen LogP) is 3.77. The summed E-state index contributed by atoms with van der Waals surface area (Å²) in [6.45, 7) is 1.87. The predicted molar refractivity (Wildman–Crippen MR) is 69.0 cm³/mol. The highest BCUT2D eigenvalue weighted by Gasteiger charge is 2.29. The second-order valence-electron chi connectivity index (χ2n) is 4.32.